The van der Waals surface area contributed by atoms with Crippen LogP contribution in [0, 0.1) is 13.8 Å². The topological polar surface area (TPSA) is 71.6 Å². The van der Waals surface area contributed by atoms with Crippen LogP contribution in [0.4, 0.5) is 5.69 Å². The summed E-state index contributed by atoms with van der Waals surface area (Å²) in [6, 6.07) is 3.90. The normalized spacial score (nSPS) is 23.2. The minimum atomic E-state index is -2.92. The Morgan fingerprint density at radius 3 is 2.56 bits per heavy atom. The highest BCUT2D eigenvalue weighted by atomic mass is 79.9. The third kappa shape index (κ3) is 3.95. The molecule has 4 rings (SSSR count). The van der Waals surface area contributed by atoms with E-state index >= 15 is 0 Å². The Hall–Kier alpha value is -1.32. The highest BCUT2D eigenvalue weighted by Crippen LogP contribution is 2.31. The van der Waals surface area contributed by atoms with E-state index in [2.05, 4.69) is 32.7 Å². The van der Waals surface area contributed by atoms with Gasteiger partial charge in [0.2, 0.25) is 0 Å². The van der Waals surface area contributed by atoms with Gasteiger partial charge in [-0.3, -0.25) is 9.58 Å². The van der Waals surface area contributed by atoms with Crippen molar-refractivity contribution in [1.82, 2.24) is 14.7 Å². The van der Waals surface area contributed by atoms with Crippen LogP contribution < -0.4 is 4.90 Å². The van der Waals surface area contributed by atoms with Crippen LogP contribution in [0.2, 0.25) is 0 Å². The maximum atomic E-state index is 11.8. The summed E-state index contributed by atoms with van der Waals surface area (Å²) < 4.78 is 32.0. The molecule has 2 saturated heterocycles. The van der Waals surface area contributed by atoms with Gasteiger partial charge in [0.1, 0.15) is 5.76 Å². The van der Waals surface area contributed by atoms with Gasteiger partial charge in [-0.25, -0.2) is 8.42 Å². The first-order chi connectivity index (χ1) is 12.8. The Bertz CT molecular complexity index is 929. The number of halogens is 1. The zero-order chi connectivity index (χ0) is 19.2. The van der Waals surface area contributed by atoms with Crippen molar-refractivity contribution >= 4 is 31.5 Å². The second kappa shape index (κ2) is 7.25. The Morgan fingerprint density at radius 2 is 1.96 bits per heavy atom. The summed E-state index contributed by atoms with van der Waals surface area (Å²) in [6.07, 6.45) is 0.663. The molecule has 0 radical (unpaired) electrons. The molecule has 1 unspecified atom stereocenters. The molecule has 27 heavy (non-hydrogen) atoms. The van der Waals surface area contributed by atoms with Gasteiger partial charge in [0, 0.05) is 26.2 Å². The standard InChI is InChI=1S/C18H25BrN4O3S/c1-13-18(14(2)23(20-13)15-5-10-27(24,25)12-15)22-8-6-21(7-9-22)11-16-3-4-17(19)26-16/h3-4,15H,5-12H2,1-2H3. The van der Waals surface area contributed by atoms with Crippen molar-refractivity contribution in [2.45, 2.75) is 32.9 Å². The first kappa shape index (κ1) is 19.0. The number of piperazine rings is 1. The van der Waals surface area contributed by atoms with Gasteiger partial charge in [-0.1, -0.05) is 0 Å². The van der Waals surface area contributed by atoms with Crippen LogP contribution in [-0.4, -0.2) is 60.8 Å². The lowest BCUT2D eigenvalue weighted by molar-refractivity contribution is 0.229. The molecule has 9 heteroatoms. The van der Waals surface area contributed by atoms with Crippen molar-refractivity contribution in [2.75, 3.05) is 42.6 Å². The Morgan fingerprint density at radius 1 is 1.22 bits per heavy atom. The van der Waals surface area contributed by atoms with Crippen LogP contribution >= 0.6 is 15.9 Å². The summed E-state index contributed by atoms with van der Waals surface area (Å²) in [7, 11) is -2.92. The van der Waals surface area contributed by atoms with E-state index in [0.717, 1.165) is 54.5 Å². The first-order valence-corrected chi connectivity index (χ1v) is 11.9. The lowest BCUT2D eigenvalue weighted by Gasteiger charge is -2.35. The molecule has 0 aromatic carbocycles. The monoisotopic (exact) mass is 456 g/mol. The molecule has 2 aliphatic rings. The molecular weight excluding hydrogens is 432 g/mol. The van der Waals surface area contributed by atoms with E-state index in [1.165, 1.54) is 5.69 Å². The number of aryl methyl sites for hydroxylation is 1. The molecule has 2 fully saturated rings. The summed E-state index contributed by atoms with van der Waals surface area (Å²) in [4.78, 5) is 4.77. The van der Waals surface area contributed by atoms with E-state index in [9.17, 15) is 8.42 Å². The third-order valence-corrected chi connectivity index (χ3v) is 7.71. The predicted molar refractivity (Wildman–Crippen MR) is 108 cm³/mol. The molecule has 4 heterocycles. The molecule has 0 saturated carbocycles. The first-order valence-electron chi connectivity index (χ1n) is 9.30. The van der Waals surface area contributed by atoms with Crippen LogP contribution in [0.15, 0.2) is 21.2 Å². The number of sulfone groups is 1. The van der Waals surface area contributed by atoms with Crippen LogP contribution in [0.1, 0.15) is 29.6 Å². The smallest absolute Gasteiger partial charge is 0.169 e. The number of nitrogens with zero attached hydrogens (tertiary/aromatic N) is 4. The fourth-order valence-corrected chi connectivity index (χ4v) is 6.25. The lowest BCUT2D eigenvalue weighted by atomic mass is 10.2. The lowest BCUT2D eigenvalue weighted by Crippen LogP contribution is -2.46. The van der Waals surface area contributed by atoms with Gasteiger partial charge in [0.05, 0.1) is 41.2 Å². The van der Waals surface area contributed by atoms with Crippen LogP contribution in [-0.2, 0) is 16.4 Å². The molecule has 148 valence electrons. The number of anilines is 1. The third-order valence-electron chi connectivity index (χ3n) is 5.54. The van der Waals surface area contributed by atoms with Crippen LogP contribution in [0.5, 0.6) is 0 Å². The van der Waals surface area contributed by atoms with E-state index < -0.39 is 9.84 Å². The summed E-state index contributed by atoms with van der Waals surface area (Å²) in [5, 5.41) is 4.70. The Balaban J connectivity index is 1.44. The van der Waals surface area contributed by atoms with Gasteiger partial charge in [0.15, 0.2) is 14.5 Å². The van der Waals surface area contributed by atoms with Gasteiger partial charge in [-0.2, -0.15) is 5.10 Å². The zero-order valence-electron chi connectivity index (χ0n) is 15.7. The van der Waals surface area contributed by atoms with Crippen LogP contribution in [0.3, 0.4) is 0 Å². The molecule has 2 aromatic heterocycles. The average molecular weight is 457 g/mol. The van der Waals surface area contributed by atoms with E-state index in [1.807, 2.05) is 23.7 Å². The molecule has 2 aromatic rings. The van der Waals surface area contributed by atoms with Gasteiger partial charge < -0.3 is 9.32 Å². The Kier molecular flexibility index (Phi) is 5.11. The quantitative estimate of drug-likeness (QED) is 0.703. The van der Waals surface area contributed by atoms with Crippen molar-refractivity contribution < 1.29 is 12.8 Å². The summed E-state index contributed by atoms with van der Waals surface area (Å²) in [5.74, 6) is 1.45. The van der Waals surface area contributed by atoms with E-state index in [-0.39, 0.29) is 17.5 Å². The van der Waals surface area contributed by atoms with Crippen molar-refractivity contribution in [1.29, 1.82) is 0 Å². The van der Waals surface area contributed by atoms with E-state index in [1.54, 1.807) is 0 Å². The van der Waals surface area contributed by atoms with Crippen molar-refractivity contribution in [3.05, 3.63) is 34.0 Å². The summed E-state index contributed by atoms with van der Waals surface area (Å²) >= 11 is 3.35. The summed E-state index contributed by atoms with van der Waals surface area (Å²) in [5.41, 5.74) is 3.23. The van der Waals surface area contributed by atoms with Crippen LogP contribution in [0.25, 0.3) is 0 Å². The van der Waals surface area contributed by atoms with Crippen molar-refractivity contribution in [3.63, 3.8) is 0 Å². The van der Waals surface area contributed by atoms with Crippen molar-refractivity contribution in [2.24, 2.45) is 0 Å². The maximum absolute atomic E-state index is 11.8. The molecule has 0 aliphatic carbocycles. The van der Waals surface area contributed by atoms with E-state index in [0.29, 0.717) is 6.42 Å². The van der Waals surface area contributed by atoms with Crippen molar-refractivity contribution in [3.8, 4) is 0 Å². The number of furan rings is 1. The highest BCUT2D eigenvalue weighted by Gasteiger charge is 2.32. The number of rotatable bonds is 4. The van der Waals surface area contributed by atoms with Gasteiger partial charge in [-0.05, 0) is 48.3 Å². The second-order valence-electron chi connectivity index (χ2n) is 7.49. The SMILES string of the molecule is Cc1nn(C2CCS(=O)(=O)C2)c(C)c1N1CCN(Cc2ccc(Br)o2)CC1. The zero-order valence-corrected chi connectivity index (χ0v) is 18.1. The molecule has 2 aliphatic heterocycles. The molecular formula is C18H25BrN4O3S. The number of aromatic nitrogens is 2. The second-order valence-corrected chi connectivity index (χ2v) is 10.5. The largest absolute Gasteiger partial charge is 0.453 e. The molecule has 0 bridgehead atoms. The molecule has 0 spiro atoms. The number of hydrogen-bond acceptors (Lipinski definition) is 6. The molecule has 0 amide bonds. The summed E-state index contributed by atoms with van der Waals surface area (Å²) in [6.45, 7) is 8.68. The fraction of sp³-hybridized carbons (Fsp3) is 0.611. The number of hydrogen-bond donors (Lipinski definition) is 0. The fourth-order valence-electron chi connectivity index (χ4n) is 4.22. The molecule has 0 N–H and O–H groups in total. The molecule has 7 nitrogen and oxygen atoms in total. The molecule has 1 atom stereocenters. The van der Waals surface area contributed by atoms with Gasteiger partial charge in [0.25, 0.3) is 0 Å². The van der Waals surface area contributed by atoms with Gasteiger partial charge in [-0.15, -0.1) is 0 Å². The highest BCUT2D eigenvalue weighted by molar-refractivity contribution is 9.10. The Labute approximate surface area is 168 Å². The maximum Gasteiger partial charge on any atom is 0.169 e. The van der Waals surface area contributed by atoms with E-state index in [4.69, 9.17) is 9.52 Å². The minimum absolute atomic E-state index is 0.0267. The average Bonchev–Trinajstić information content (AvgIpc) is 3.27. The van der Waals surface area contributed by atoms with Gasteiger partial charge >= 0.3 is 0 Å². The predicted octanol–water partition coefficient (Wildman–Crippen LogP) is 2.54. The minimum Gasteiger partial charge on any atom is -0.453 e.